The fraction of sp³-hybridized carbons (Fsp3) is 0.947. The molecule has 1 fully saturated rings. The predicted octanol–water partition coefficient (Wildman–Crippen LogP) is 7.05. The van der Waals surface area contributed by atoms with Gasteiger partial charge >= 0.3 is 11.9 Å². The van der Waals surface area contributed by atoms with E-state index in [1.807, 2.05) is 0 Å². The summed E-state index contributed by atoms with van der Waals surface area (Å²) in [6.07, 6.45) is 19.9. The first-order chi connectivity index (χ1) is 23.3. The van der Waals surface area contributed by atoms with Gasteiger partial charge < -0.3 is 39.4 Å². The Balaban J connectivity index is 2.34. The Hall–Kier alpha value is -1.30. The molecule has 0 aromatic carbocycles. The first-order valence-corrected chi connectivity index (χ1v) is 19.6. The van der Waals surface area contributed by atoms with Gasteiger partial charge in [-0.05, 0) is 12.8 Å². The Morgan fingerprint density at radius 2 is 0.979 bits per heavy atom. The van der Waals surface area contributed by atoms with Crippen LogP contribution in [-0.4, -0.2) is 89.0 Å². The van der Waals surface area contributed by atoms with Gasteiger partial charge in [-0.15, -0.1) is 0 Å². The standard InChI is InChI=1S/C38H72O10/c1-3-5-7-9-11-13-14-15-16-17-18-19-21-22-24-26-33(40)45-29-31(47-34(41)27-25-23-20-12-10-8-6-4-2)30-46-38-37(44)36(43)35(42)32(28-39)48-38/h31-32,35-39,42-44H,3-30H2,1-2H3/t31-,32-,35+,36+,37-,38-/m1/s1. The normalized spacial score (nSPS) is 21.7. The van der Waals surface area contributed by atoms with Crippen molar-refractivity contribution in [1.82, 2.24) is 0 Å². The second-order valence-electron chi connectivity index (χ2n) is 13.8. The minimum Gasteiger partial charge on any atom is -0.462 e. The molecule has 1 aliphatic heterocycles. The van der Waals surface area contributed by atoms with Gasteiger partial charge in [0.1, 0.15) is 31.0 Å². The van der Waals surface area contributed by atoms with E-state index >= 15 is 0 Å². The Kier molecular flexibility index (Phi) is 28.4. The van der Waals surface area contributed by atoms with E-state index in [1.165, 1.54) is 103 Å². The topological polar surface area (TPSA) is 152 Å². The first kappa shape index (κ1) is 44.7. The molecule has 0 saturated carbocycles. The maximum absolute atomic E-state index is 12.6. The molecular formula is C38H72O10. The van der Waals surface area contributed by atoms with Crippen molar-refractivity contribution in [3.8, 4) is 0 Å². The van der Waals surface area contributed by atoms with Crippen molar-refractivity contribution < 1.29 is 49.0 Å². The largest absolute Gasteiger partial charge is 0.462 e. The molecule has 284 valence electrons. The molecule has 0 amide bonds. The number of carbonyl (C=O) groups is 2. The van der Waals surface area contributed by atoms with Gasteiger partial charge in [0, 0.05) is 12.8 Å². The molecule has 1 saturated heterocycles. The average molecular weight is 689 g/mol. The van der Waals surface area contributed by atoms with Gasteiger partial charge in [-0.3, -0.25) is 9.59 Å². The van der Waals surface area contributed by atoms with Gasteiger partial charge in [-0.25, -0.2) is 0 Å². The summed E-state index contributed by atoms with van der Waals surface area (Å²) in [5.74, 6) is -0.802. The third-order valence-electron chi connectivity index (χ3n) is 9.24. The molecule has 0 radical (unpaired) electrons. The maximum Gasteiger partial charge on any atom is 0.306 e. The summed E-state index contributed by atoms with van der Waals surface area (Å²) in [4.78, 5) is 25.1. The number of rotatable bonds is 32. The van der Waals surface area contributed by atoms with Crippen LogP contribution in [0, 0.1) is 0 Å². The number of hydrogen-bond donors (Lipinski definition) is 4. The van der Waals surface area contributed by atoms with Crippen LogP contribution in [0.3, 0.4) is 0 Å². The monoisotopic (exact) mass is 689 g/mol. The molecule has 48 heavy (non-hydrogen) atoms. The average Bonchev–Trinajstić information content (AvgIpc) is 3.08. The molecule has 1 rings (SSSR count). The van der Waals surface area contributed by atoms with Gasteiger partial charge in [0.2, 0.25) is 0 Å². The van der Waals surface area contributed by atoms with Crippen molar-refractivity contribution in [3.05, 3.63) is 0 Å². The maximum atomic E-state index is 12.6. The van der Waals surface area contributed by atoms with E-state index in [9.17, 15) is 30.0 Å². The highest BCUT2D eigenvalue weighted by molar-refractivity contribution is 5.70. The second-order valence-corrected chi connectivity index (χ2v) is 13.8. The zero-order valence-corrected chi connectivity index (χ0v) is 30.5. The van der Waals surface area contributed by atoms with Crippen LogP contribution in [0.2, 0.25) is 0 Å². The third-order valence-corrected chi connectivity index (χ3v) is 9.24. The zero-order valence-electron chi connectivity index (χ0n) is 30.5. The molecule has 0 aromatic rings. The van der Waals surface area contributed by atoms with E-state index in [4.69, 9.17) is 18.9 Å². The quantitative estimate of drug-likeness (QED) is 0.0427. The summed E-state index contributed by atoms with van der Waals surface area (Å²) in [7, 11) is 0. The molecule has 10 heteroatoms. The smallest absolute Gasteiger partial charge is 0.306 e. The van der Waals surface area contributed by atoms with Crippen LogP contribution in [0.15, 0.2) is 0 Å². The van der Waals surface area contributed by atoms with Crippen molar-refractivity contribution in [2.45, 2.75) is 211 Å². The van der Waals surface area contributed by atoms with Gasteiger partial charge in [-0.1, -0.05) is 149 Å². The summed E-state index contributed by atoms with van der Waals surface area (Å²) >= 11 is 0. The Morgan fingerprint density at radius 1 is 0.562 bits per heavy atom. The van der Waals surface area contributed by atoms with Crippen LogP contribution in [0.5, 0.6) is 0 Å². The molecule has 6 atom stereocenters. The molecule has 0 spiro atoms. The minimum absolute atomic E-state index is 0.210. The van der Waals surface area contributed by atoms with Crippen molar-refractivity contribution in [1.29, 1.82) is 0 Å². The van der Waals surface area contributed by atoms with Crippen LogP contribution in [-0.2, 0) is 28.5 Å². The predicted molar refractivity (Wildman–Crippen MR) is 187 cm³/mol. The molecule has 0 aromatic heterocycles. The second kappa shape index (κ2) is 30.5. The number of carbonyl (C=O) groups excluding carboxylic acids is 2. The van der Waals surface area contributed by atoms with E-state index in [-0.39, 0.29) is 32.0 Å². The van der Waals surface area contributed by atoms with Crippen LogP contribution in [0.1, 0.15) is 174 Å². The lowest BCUT2D eigenvalue weighted by Crippen LogP contribution is -2.59. The highest BCUT2D eigenvalue weighted by Crippen LogP contribution is 2.22. The summed E-state index contributed by atoms with van der Waals surface area (Å²) < 4.78 is 22.0. The highest BCUT2D eigenvalue weighted by atomic mass is 16.7. The lowest BCUT2D eigenvalue weighted by Gasteiger charge is -2.39. The van der Waals surface area contributed by atoms with Crippen LogP contribution >= 0.6 is 0 Å². The molecule has 0 aliphatic carbocycles. The van der Waals surface area contributed by atoms with Crippen LogP contribution in [0.4, 0.5) is 0 Å². The summed E-state index contributed by atoms with van der Waals surface area (Å²) in [6.45, 7) is 3.38. The number of aliphatic hydroxyl groups is 4. The minimum atomic E-state index is -1.59. The molecule has 1 aliphatic rings. The Morgan fingerprint density at radius 3 is 1.42 bits per heavy atom. The Bertz CT molecular complexity index is 764. The van der Waals surface area contributed by atoms with E-state index < -0.39 is 49.4 Å². The van der Waals surface area contributed by atoms with Gasteiger partial charge in [0.05, 0.1) is 13.2 Å². The molecule has 0 unspecified atom stereocenters. The molecule has 1 heterocycles. The van der Waals surface area contributed by atoms with Crippen molar-refractivity contribution >= 4 is 11.9 Å². The van der Waals surface area contributed by atoms with Crippen molar-refractivity contribution in [3.63, 3.8) is 0 Å². The number of ether oxygens (including phenoxy) is 4. The molecular weight excluding hydrogens is 616 g/mol. The van der Waals surface area contributed by atoms with Crippen LogP contribution in [0.25, 0.3) is 0 Å². The van der Waals surface area contributed by atoms with Crippen molar-refractivity contribution in [2.24, 2.45) is 0 Å². The lowest BCUT2D eigenvalue weighted by atomic mass is 9.99. The van der Waals surface area contributed by atoms with E-state index in [1.54, 1.807) is 0 Å². The van der Waals surface area contributed by atoms with Crippen molar-refractivity contribution in [2.75, 3.05) is 19.8 Å². The molecule has 10 nitrogen and oxygen atoms in total. The Labute approximate surface area is 291 Å². The van der Waals surface area contributed by atoms with Gasteiger partial charge in [-0.2, -0.15) is 0 Å². The van der Waals surface area contributed by atoms with Gasteiger partial charge in [0.25, 0.3) is 0 Å². The summed E-state index contributed by atoms with van der Waals surface area (Å²) in [5.41, 5.74) is 0. The number of hydrogen-bond acceptors (Lipinski definition) is 10. The number of aliphatic hydroxyl groups excluding tert-OH is 4. The van der Waals surface area contributed by atoms with E-state index in [0.29, 0.717) is 6.42 Å². The fourth-order valence-electron chi connectivity index (χ4n) is 6.07. The summed E-state index contributed by atoms with van der Waals surface area (Å²) in [6, 6.07) is 0. The lowest BCUT2D eigenvalue weighted by molar-refractivity contribution is -0.305. The van der Waals surface area contributed by atoms with Gasteiger partial charge in [0.15, 0.2) is 12.4 Å². The highest BCUT2D eigenvalue weighted by Gasteiger charge is 2.44. The third kappa shape index (κ3) is 22.4. The fourth-order valence-corrected chi connectivity index (χ4v) is 6.07. The number of esters is 2. The van der Waals surface area contributed by atoms with E-state index in [2.05, 4.69) is 13.8 Å². The summed E-state index contributed by atoms with van der Waals surface area (Å²) in [5, 5.41) is 39.8. The molecule has 4 N–H and O–H groups in total. The SMILES string of the molecule is CCCCCCCCCCCCCCCCCC(=O)OC[C@H](CO[C@@H]1O[C@H](CO)[C@H](O)[C@H](O)[C@H]1O)OC(=O)CCCCCCCCCC. The van der Waals surface area contributed by atoms with E-state index in [0.717, 1.165) is 38.5 Å². The zero-order chi connectivity index (χ0) is 35.2. The molecule has 0 bridgehead atoms. The number of unbranched alkanes of at least 4 members (excludes halogenated alkanes) is 21. The van der Waals surface area contributed by atoms with Crippen LogP contribution < -0.4 is 0 Å². The first-order valence-electron chi connectivity index (χ1n) is 19.6.